The number of benzene rings is 1. The number of amides is 1. The zero-order valence-corrected chi connectivity index (χ0v) is 15.9. The minimum atomic E-state index is 0. The number of halogens is 1. The summed E-state index contributed by atoms with van der Waals surface area (Å²) in [6.45, 7) is 5.40. The fourth-order valence-electron chi connectivity index (χ4n) is 2.72. The second-order valence-corrected chi connectivity index (χ2v) is 6.45. The van der Waals surface area contributed by atoms with Gasteiger partial charge in [0.05, 0.1) is 5.01 Å². The molecule has 0 fully saturated rings. The van der Waals surface area contributed by atoms with Gasteiger partial charge in [-0.25, -0.2) is 4.98 Å². The number of carbonyl (C=O) groups excluding carboxylic acids is 1. The first-order valence-electron chi connectivity index (χ1n) is 8.18. The van der Waals surface area contributed by atoms with E-state index in [1.807, 2.05) is 35.4 Å². The normalized spacial score (nSPS) is 11.6. The molecule has 0 saturated carbocycles. The number of thiazole rings is 1. The van der Waals surface area contributed by atoms with Gasteiger partial charge in [-0.05, 0) is 31.9 Å². The van der Waals surface area contributed by atoms with E-state index in [2.05, 4.69) is 24.0 Å². The van der Waals surface area contributed by atoms with Crippen molar-refractivity contribution in [1.29, 1.82) is 0 Å². The minimum Gasteiger partial charge on any atom is -0.334 e. The zero-order chi connectivity index (χ0) is 16.7. The predicted octanol–water partition coefficient (Wildman–Crippen LogP) is 3.55. The van der Waals surface area contributed by atoms with Gasteiger partial charge in [0.15, 0.2) is 0 Å². The van der Waals surface area contributed by atoms with Gasteiger partial charge in [-0.1, -0.05) is 37.3 Å². The van der Waals surface area contributed by atoms with Crippen molar-refractivity contribution in [3.8, 4) is 0 Å². The number of likely N-dealkylation sites (N-methyl/N-ethyl adjacent to an activating group) is 1. The molecule has 4 nitrogen and oxygen atoms in total. The number of hydrogen-bond acceptors (Lipinski definition) is 4. The first-order chi connectivity index (χ1) is 11.2. The molecule has 0 aliphatic carbocycles. The minimum absolute atomic E-state index is 0. The van der Waals surface area contributed by atoms with Crippen LogP contribution >= 0.6 is 23.7 Å². The van der Waals surface area contributed by atoms with E-state index in [0.29, 0.717) is 18.8 Å². The third-order valence-corrected chi connectivity index (χ3v) is 4.87. The summed E-state index contributed by atoms with van der Waals surface area (Å²) in [6, 6.07) is 10.5. The van der Waals surface area contributed by atoms with Crippen LogP contribution in [0.15, 0.2) is 35.7 Å². The standard InChI is InChI=1S/C18H25N3OS.ClH/c1-3-15(12-14-8-6-5-7-9-14)21(4-2)18(22)16-13-23-17(20-16)10-11-19;/h5-9,13,15H,3-4,10-12,19H2,1-2H3;1H. The van der Waals surface area contributed by atoms with Crippen LogP contribution in [0, 0.1) is 0 Å². The summed E-state index contributed by atoms with van der Waals surface area (Å²) >= 11 is 1.52. The average Bonchev–Trinajstić information content (AvgIpc) is 3.04. The lowest BCUT2D eigenvalue weighted by molar-refractivity contribution is 0.0678. The van der Waals surface area contributed by atoms with Gasteiger partial charge < -0.3 is 10.6 Å². The molecular formula is C18H26ClN3OS. The second-order valence-electron chi connectivity index (χ2n) is 5.51. The van der Waals surface area contributed by atoms with Crippen molar-refractivity contribution in [2.75, 3.05) is 13.1 Å². The Labute approximate surface area is 154 Å². The highest BCUT2D eigenvalue weighted by Gasteiger charge is 2.24. The molecule has 0 saturated heterocycles. The Morgan fingerprint density at radius 1 is 1.29 bits per heavy atom. The highest BCUT2D eigenvalue weighted by atomic mass is 35.5. The Kier molecular flexibility index (Phi) is 8.97. The fourth-order valence-corrected chi connectivity index (χ4v) is 3.51. The Balaban J connectivity index is 0.00000288. The quantitative estimate of drug-likeness (QED) is 0.776. The van der Waals surface area contributed by atoms with Crippen LogP contribution in [-0.4, -0.2) is 34.9 Å². The summed E-state index contributed by atoms with van der Waals surface area (Å²) in [5, 5.41) is 2.79. The van der Waals surface area contributed by atoms with Crippen molar-refractivity contribution >= 4 is 29.7 Å². The van der Waals surface area contributed by atoms with E-state index in [1.54, 1.807) is 0 Å². The van der Waals surface area contributed by atoms with Crippen molar-refractivity contribution in [1.82, 2.24) is 9.88 Å². The van der Waals surface area contributed by atoms with Crippen LogP contribution in [0.2, 0.25) is 0 Å². The fraction of sp³-hybridized carbons (Fsp3) is 0.444. The molecule has 1 aromatic carbocycles. The zero-order valence-electron chi connectivity index (χ0n) is 14.3. The Hall–Kier alpha value is -1.43. The lowest BCUT2D eigenvalue weighted by Crippen LogP contribution is -2.41. The van der Waals surface area contributed by atoms with Gasteiger partial charge in [-0.3, -0.25) is 4.79 Å². The molecular weight excluding hydrogens is 342 g/mol. The molecule has 2 rings (SSSR count). The molecule has 2 aromatic rings. The highest BCUT2D eigenvalue weighted by molar-refractivity contribution is 7.09. The maximum absolute atomic E-state index is 12.8. The number of nitrogens with zero attached hydrogens (tertiary/aromatic N) is 2. The first-order valence-corrected chi connectivity index (χ1v) is 9.06. The lowest BCUT2D eigenvalue weighted by atomic mass is 10.0. The van der Waals surface area contributed by atoms with E-state index >= 15 is 0 Å². The molecule has 0 bridgehead atoms. The van der Waals surface area contributed by atoms with E-state index in [9.17, 15) is 4.79 Å². The molecule has 1 unspecified atom stereocenters. The van der Waals surface area contributed by atoms with Crippen LogP contribution in [-0.2, 0) is 12.8 Å². The van der Waals surface area contributed by atoms with E-state index in [0.717, 1.165) is 24.3 Å². The van der Waals surface area contributed by atoms with E-state index in [-0.39, 0.29) is 24.4 Å². The number of nitrogens with two attached hydrogens (primary N) is 1. The molecule has 1 amide bonds. The summed E-state index contributed by atoms with van der Waals surface area (Å²) in [5.74, 6) is 0.0230. The summed E-state index contributed by atoms with van der Waals surface area (Å²) < 4.78 is 0. The summed E-state index contributed by atoms with van der Waals surface area (Å²) in [4.78, 5) is 19.2. The van der Waals surface area contributed by atoms with Crippen LogP contribution in [0.4, 0.5) is 0 Å². The third-order valence-electron chi connectivity index (χ3n) is 3.96. The predicted molar refractivity (Wildman–Crippen MR) is 103 cm³/mol. The summed E-state index contributed by atoms with van der Waals surface area (Å²) in [6.07, 6.45) is 2.52. The van der Waals surface area contributed by atoms with Gasteiger partial charge in [-0.15, -0.1) is 23.7 Å². The molecule has 1 heterocycles. The lowest BCUT2D eigenvalue weighted by Gasteiger charge is -2.30. The van der Waals surface area contributed by atoms with Gasteiger partial charge in [0.1, 0.15) is 5.69 Å². The van der Waals surface area contributed by atoms with Crippen molar-refractivity contribution in [3.63, 3.8) is 0 Å². The largest absolute Gasteiger partial charge is 0.334 e. The second kappa shape index (κ2) is 10.4. The van der Waals surface area contributed by atoms with Crippen molar-refractivity contribution < 1.29 is 4.79 Å². The molecule has 0 aliphatic heterocycles. The molecule has 0 radical (unpaired) electrons. The van der Waals surface area contributed by atoms with E-state index in [4.69, 9.17) is 5.73 Å². The van der Waals surface area contributed by atoms with E-state index in [1.165, 1.54) is 16.9 Å². The van der Waals surface area contributed by atoms with Gasteiger partial charge in [-0.2, -0.15) is 0 Å². The van der Waals surface area contributed by atoms with Crippen molar-refractivity contribution in [3.05, 3.63) is 52.0 Å². The summed E-state index contributed by atoms with van der Waals surface area (Å²) in [7, 11) is 0. The van der Waals surface area contributed by atoms with Crippen LogP contribution in [0.3, 0.4) is 0 Å². The first kappa shape index (κ1) is 20.6. The Bertz CT molecular complexity index is 618. The number of aromatic nitrogens is 1. The van der Waals surface area contributed by atoms with Gasteiger partial charge >= 0.3 is 0 Å². The molecule has 1 aromatic heterocycles. The molecule has 1 atom stereocenters. The molecule has 0 spiro atoms. The monoisotopic (exact) mass is 367 g/mol. The smallest absolute Gasteiger partial charge is 0.273 e. The van der Waals surface area contributed by atoms with E-state index < -0.39 is 0 Å². The summed E-state index contributed by atoms with van der Waals surface area (Å²) in [5.41, 5.74) is 7.36. The van der Waals surface area contributed by atoms with Crippen LogP contribution < -0.4 is 5.73 Å². The van der Waals surface area contributed by atoms with Crippen LogP contribution in [0.1, 0.15) is 41.3 Å². The Morgan fingerprint density at radius 2 is 2.00 bits per heavy atom. The average molecular weight is 368 g/mol. The molecule has 0 aliphatic rings. The van der Waals surface area contributed by atoms with Gasteiger partial charge in [0.25, 0.3) is 5.91 Å². The molecule has 24 heavy (non-hydrogen) atoms. The highest BCUT2D eigenvalue weighted by Crippen LogP contribution is 2.17. The van der Waals surface area contributed by atoms with Crippen molar-refractivity contribution in [2.45, 2.75) is 39.2 Å². The number of hydrogen-bond donors (Lipinski definition) is 1. The Morgan fingerprint density at radius 3 is 2.58 bits per heavy atom. The topological polar surface area (TPSA) is 59.2 Å². The van der Waals surface area contributed by atoms with Gasteiger partial charge in [0, 0.05) is 24.4 Å². The van der Waals surface area contributed by atoms with Gasteiger partial charge in [0.2, 0.25) is 0 Å². The van der Waals surface area contributed by atoms with Crippen LogP contribution in [0.5, 0.6) is 0 Å². The molecule has 132 valence electrons. The maximum Gasteiger partial charge on any atom is 0.273 e. The maximum atomic E-state index is 12.8. The van der Waals surface area contributed by atoms with Crippen LogP contribution in [0.25, 0.3) is 0 Å². The SMILES string of the molecule is CCC(Cc1ccccc1)N(CC)C(=O)c1csc(CCN)n1.Cl. The molecule has 2 N–H and O–H groups in total. The number of rotatable bonds is 8. The molecule has 6 heteroatoms. The van der Waals surface area contributed by atoms with Crippen molar-refractivity contribution in [2.24, 2.45) is 5.73 Å². The number of carbonyl (C=O) groups is 1. The third kappa shape index (κ3) is 5.30.